The van der Waals surface area contributed by atoms with Crippen LogP contribution in [0.4, 0.5) is 17.1 Å². The third-order valence-electron chi connectivity index (χ3n) is 13.4. The molecule has 1 heterocycles. The second-order valence-electron chi connectivity index (χ2n) is 17.3. The summed E-state index contributed by atoms with van der Waals surface area (Å²) >= 11 is 0. The molecule has 0 fully saturated rings. The average molecular weight is 805 g/mol. The van der Waals surface area contributed by atoms with Crippen LogP contribution in [-0.2, 0) is 5.41 Å². The highest BCUT2D eigenvalue weighted by molar-refractivity contribution is 6.30. The topological polar surface area (TPSA) is 8.17 Å². The van der Waals surface area contributed by atoms with E-state index in [2.05, 4.69) is 254 Å². The molecule has 0 spiro atoms. The summed E-state index contributed by atoms with van der Waals surface area (Å²) in [4.78, 5) is 2.42. The first-order valence-electron chi connectivity index (χ1n) is 21.9. The van der Waals surface area contributed by atoms with E-state index in [4.69, 9.17) is 0 Å². The molecule has 0 atom stereocenters. The van der Waals surface area contributed by atoms with Crippen molar-refractivity contribution in [2.24, 2.45) is 0 Å². The van der Waals surface area contributed by atoms with Crippen molar-refractivity contribution in [1.82, 2.24) is 4.57 Å². The Morgan fingerprint density at radius 2 is 0.841 bits per heavy atom. The van der Waals surface area contributed by atoms with E-state index in [1.165, 1.54) is 88.2 Å². The number of benzene rings is 10. The summed E-state index contributed by atoms with van der Waals surface area (Å²) in [7, 11) is 0. The minimum absolute atomic E-state index is 0.123. The molecule has 0 radical (unpaired) electrons. The van der Waals surface area contributed by atoms with Gasteiger partial charge in [-0.05, 0) is 109 Å². The van der Waals surface area contributed by atoms with Crippen molar-refractivity contribution in [2.75, 3.05) is 4.90 Å². The zero-order valence-corrected chi connectivity index (χ0v) is 35.3. The minimum atomic E-state index is -0.123. The fourth-order valence-corrected chi connectivity index (χ4v) is 10.4. The van der Waals surface area contributed by atoms with E-state index in [9.17, 15) is 0 Å². The summed E-state index contributed by atoms with van der Waals surface area (Å²) in [6.45, 7) is 4.72. The molecule has 2 heteroatoms. The standard InChI is InChI=1S/C61H44N2/c1-61(2)55-29-17-16-26-51(55)52-39-38-48(40-56(52)61)62(46-34-30-42(31-35-46)41-18-6-3-7-19-41)47-36-32-43(33-37-47)57-58-53-27-14-12-24-49(53)50-25-13-15-28-54(50)60(58)63(45-22-10-5-11-23-45)59(57)44-20-8-4-9-21-44/h3-40H,1-2H3. The van der Waals surface area contributed by atoms with Crippen LogP contribution in [0.5, 0.6) is 0 Å². The molecule has 298 valence electrons. The number of aromatic nitrogens is 1. The van der Waals surface area contributed by atoms with Crippen LogP contribution in [0.1, 0.15) is 25.0 Å². The van der Waals surface area contributed by atoms with Gasteiger partial charge in [0.05, 0.1) is 11.2 Å². The Morgan fingerprint density at radius 1 is 0.365 bits per heavy atom. The molecule has 0 aliphatic heterocycles. The SMILES string of the molecule is CC1(C)c2ccccc2-c2ccc(N(c3ccc(-c4ccccc4)cc3)c3ccc(-c4c(-c5ccccc5)n(-c5ccccc5)c5c6ccccc6c6ccccc6c45)cc3)cc21. The lowest BCUT2D eigenvalue weighted by Crippen LogP contribution is -2.16. The maximum absolute atomic E-state index is 2.51. The molecule has 0 unspecified atom stereocenters. The van der Waals surface area contributed by atoms with Crippen molar-refractivity contribution < 1.29 is 0 Å². The Bertz CT molecular complexity index is 3490. The van der Waals surface area contributed by atoms with Crippen LogP contribution in [0.15, 0.2) is 231 Å². The maximum Gasteiger partial charge on any atom is 0.0626 e. The molecule has 0 amide bonds. The molecule has 2 nitrogen and oxygen atoms in total. The van der Waals surface area contributed by atoms with E-state index in [1.54, 1.807) is 0 Å². The van der Waals surface area contributed by atoms with Crippen molar-refractivity contribution >= 4 is 49.5 Å². The van der Waals surface area contributed by atoms with E-state index in [0.717, 1.165) is 22.7 Å². The highest BCUT2D eigenvalue weighted by atomic mass is 15.1. The van der Waals surface area contributed by atoms with Gasteiger partial charge in [0.1, 0.15) is 0 Å². The quantitative estimate of drug-likeness (QED) is 0.146. The number of fused-ring (bicyclic) bond motifs is 9. The zero-order chi connectivity index (χ0) is 42.1. The molecule has 1 aliphatic carbocycles. The van der Waals surface area contributed by atoms with Gasteiger partial charge >= 0.3 is 0 Å². The van der Waals surface area contributed by atoms with E-state index in [0.29, 0.717) is 0 Å². The average Bonchev–Trinajstić information content (AvgIpc) is 3.83. The van der Waals surface area contributed by atoms with Gasteiger partial charge in [0.2, 0.25) is 0 Å². The normalized spacial score (nSPS) is 12.7. The number of hydrogen-bond acceptors (Lipinski definition) is 1. The fourth-order valence-electron chi connectivity index (χ4n) is 10.4. The summed E-state index contributed by atoms with van der Waals surface area (Å²) < 4.78 is 2.51. The third-order valence-corrected chi connectivity index (χ3v) is 13.4. The van der Waals surface area contributed by atoms with Crippen LogP contribution in [-0.4, -0.2) is 4.57 Å². The van der Waals surface area contributed by atoms with E-state index in [1.807, 2.05) is 0 Å². The smallest absolute Gasteiger partial charge is 0.0626 e. The zero-order valence-electron chi connectivity index (χ0n) is 35.3. The molecule has 12 rings (SSSR count). The summed E-state index contributed by atoms with van der Waals surface area (Å²) in [5.74, 6) is 0. The van der Waals surface area contributed by atoms with Crippen LogP contribution in [0, 0.1) is 0 Å². The highest BCUT2D eigenvalue weighted by Gasteiger charge is 2.36. The van der Waals surface area contributed by atoms with Crippen molar-refractivity contribution in [3.63, 3.8) is 0 Å². The molecular weight excluding hydrogens is 761 g/mol. The van der Waals surface area contributed by atoms with Gasteiger partial charge in [0.25, 0.3) is 0 Å². The van der Waals surface area contributed by atoms with E-state index < -0.39 is 0 Å². The van der Waals surface area contributed by atoms with Crippen LogP contribution in [0.3, 0.4) is 0 Å². The largest absolute Gasteiger partial charge is 0.310 e. The highest BCUT2D eigenvalue weighted by Crippen LogP contribution is 2.52. The molecule has 0 bridgehead atoms. The number of nitrogens with zero attached hydrogens (tertiary/aromatic N) is 2. The first kappa shape index (κ1) is 36.9. The lowest BCUT2D eigenvalue weighted by molar-refractivity contribution is 0.660. The van der Waals surface area contributed by atoms with Crippen molar-refractivity contribution in [3.05, 3.63) is 242 Å². The molecule has 1 aromatic heterocycles. The molecule has 11 aromatic rings. The van der Waals surface area contributed by atoms with Crippen molar-refractivity contribution in [1.29, 1.82) is 0 Å². The van der Waals surface area contributed by atoms with Crippen LogP contribution in [0.2, 0.25) is 0 Å². The first-order valence-corrected chi connectivity index (χ1v) is 21.9. The van der Waals surface area contributed by atoms with Crippen molar-refractivity contribution in [3.8, 4) is 50.3 Å². The Morgan fingerprint density at radius 3 is 1.51 bits per heavy atom. The number of anilines is 3. The van der Waals surface area contributed by atoms with Gasteiger partial charge in [-0.15, -0.1) is 0 Å². The third kappa shape index (κ3) is 5.86. The second-order valence-corrected chi connectivity index (χ2v) is 17.3. The van der Waals surface area contributed by atoms with E-state index >= 15 is 0 Å². The lowest BCUT2D eigenvalue weighted by atomic mass is 9.82. The monoisotopic (exact) mass is 804 g/mol. The van der Waals surface area contributed by atoms with Gasteiger partial charge < -0.3 is 9.47 Å². The Labute approximate surface area is 368 Å². The molecule has 0 saturated carbocycles. The lowest BCUT2D eigenvalue weighted by Gasteiger charge is -2.28. The van der Waals surface area contributed by atoms with Gasteiger partial charge in [-0.2, -0.15) is 0 Å². The minimum Gasteiger partial charge on any atom is -0.310 e. The number of hydrogen-bond donors (Lipinski definition) is 0. The molecule has 1 aliphatic rings. The Kier molecular flexibility index (Phi) is 8.55. The van der Waals surface area contributed by atoms with Crippen LogP contribution in [0.25, 0.3) is 82.8 Å². The predicted octanol–water partition coefficient (Wildman–Crippen LogP) is 16.7. The molecular formula is C61H44N2. The van der Waals surface area contributed by atoms with Gasteiger partial charge in [-0.3, -0.25) is 0 Å². The molecule has 10 aromatic carbocycles. The second kappa shape index (κ2) is 14.6. The maximum atomic E-state index is 2.51. The summed E-state index contributed by atoms with van der Waals surface area (Å²) in [5, 5.41) is 6.26. The van der Waals surface area contributed by atoms with Gasteiger partial charge in [-0.1, -0.05) is 196 Å². The molecule has 0 saturated heterocycles. The Hall–Kier alpha value is -7.94. The van der Waals surface area contributed by atoms with Gasteiger partial charge in [0.15, 0.2) is 0 Å². The van der Waals surface area contributed by atoms with Crippen LogP contribution < -0.4 is 4.90 Å². The summed E-state index contributed by atoms with van der Waals surface area (Å²) in [6, 6.07) is 84.6. The van der Waals surface area contributed by atoms with Gasteiger partial charge in [-0.25, -0.2) is 0 Å². The fraction of sp³-hybridized carbons (Fsp3) is 0.0492. The van der Waals surface area contributed by atoms with Gasteiger partial charge in [0, 0.05) is 44.5 Å². The molecule has 63 heavy (non-hydrogen) atoms. The van der Waals surface area contributed by atoms with Crippen molar-refractivity contribution in [2.45, 2.75) is 19.3 Å². The van der Waals surface area contributed by atoms with E-state index in [-0.39, 0.29) is 5.41 Å². The summed E-state index contributed by atoms with van der Waals surface area (Å²) in [6.07, 6.45) is 0. The summed E-state index contributed by atoms with van der Waals surface area (Å²) in [5.41, 5.74) is 18.1. The van der Waals surface area contributed by atoms with Crippen LogP contribution >= 0.6 is 0 Å². The number of para-hydroxylation sites is 1. The number of rotatable bonds is 7. The Balaban J connectivity index is 1.09. The molecule has 0 N–H and O–H groups in total. The first-order chi connectivity index (χ1) is 31.0. The predicted molar refractivity (Wildman–Crippen MR) is 267 cm³/mol.